The second kappa shape index (κ2) is 12.9. The Morgan fingerprint density at radius 1 is 0.893 bits per heavy atom. The summed E-state index contributed by atoms with van der Waals surface area (Å²) in [5.41, 5.74) is 0.294. The molecule has 0 amide bonds. The molecule has 0 fully saturated rings. The highest BCUT2D eigenvalue weighted by molar-refractivity contribution is 7.85. The third-order valence-corrected chi connectivity index (χ3v) is 4.93. The van der Waals surface area contributed by atoms with Crippen molar-refractivity contribution in [3.63, 3.8) is 0 Å². The van der Waals surface area contributed by atoms with Crippen molar-refractivity contribution < 1.29 is 26.9 Å². The van der Waals surface area contributed by atoms with Crippen LogP contribution in [0, 0.1) is 0 Å². The maximum atomic E-state index is 11.9. The van der Waals surface area contributed by atoms with E-state index in [2.05, 4.69) is 0 Å². The van der Waals surface area contributed by atoms with E-state index in [9.17, 15) is 13.2 Å². The molecule has 0 bridgehead atoms. The van der Waals surface area contributed by atoms with Crippen molar-refractivity contribution in [3.05, 3.63) is 35.9 Å². The van der Waals surface area contributed by atoms with Crippen LogP contribution in [0.3, 0.4) is 0 Å². The minimum atomic E-state index is -3.54. The van der Waals surface area contributed by atoms with Crippen molar-refractivity contribution in [2.75, 3.05) is 19.8 Å². The summed E-state index contributed by atoms with van der Waals surface area (Å²) < 4.78 is 39.6. The Labute approximate surface area is 169 Å². The monoisotopic (exact) mass is 414 g/mol. The van der Waals surface area contributed by atoms with E-state index in [0.717, 1.165) is 31.2 Å². The van der Waals surface area contributed by atoms with Crippen LogP contribution in [0.25, 0.3) is 0 Å². The van der Waals surface area contributed by atoms with Gasteiger partial charge in [-0.2, -0.15) is 8.42 Å². The Balaban J connectivity index is 1.94. The average Bonchev–Trinajstić information content (AvgIpc) is 2.58. The molecule has 0 saturated carbocycles. The first-order chi connectivity index (χ1) is 13.2. The number of carbonyl (C=O) groups is 1. The minimum Gasteiger partial charge on any atom is -0.460 e. The van der Waals surface area contributed by atoms with E-state index in [-0.39, 0.29) is 18.3 Å². The summed E-state index contributed by atoms with van der Waals surface area (Å²) in [5, 5.41) is 0. The zero-order valence-electron chi connectivity index (χ0n) is 17.3. The molecule has 1 rings (SSSR count). The van der Waals surface area contributed by atoms with E-state index in [1.165, 1.54) is 0 Å². The largest absolute Gasteiger partial charge is 0.460 e. The van der Waals surface area contributed by atoms with E-state index in [0.29, 0.717) is 26.1 Å². The molecule has 6 nitrogen and oxygen atoms in total. The van der Waals surface area contributed by atoms with Crippen LogP contribution < -0.4 is 0 Å². The molecule has 0 aliphatic heterocycles. The van der Waals surface area contributed by atoms with Crippen LogP contribution in [0.1, 0.15) is 64.9 Å². The number of carbonyl (C=O) groups excluding carboxylic acids is 1. The van der Waals surface area contributed by atoms with Gasteiger partial charge in [-0.1, -0.05) is 36.8 Å². The molecule has 0 spiro atoms. The molecule has 28 heavy (non-hydrogen) atoms. The Kier molecular flexibility index (Phi) is 11.3. The van der Waals surface area contributed by atoms with Gasteiger partial charge in [0.25, 0.3) is 10.1 Å². The lowest BCUT2D eigenvalue weighted by molar-refractivity contribution is -0.154. The Bertz CT molecular complexity index is 649. The third-order valence-electron chi connectivity index (χ3n) is 3.72. The van der Waals surface area contributed by atoms with Gasteiger partial charge >= 0.3 is 5.97 Å². The van der Waals surface area contributed by atoms with Gasteiger partial charge in [0.2, 0.25) is 0 Å². The molecular weight excluding hydrogens is 380 g/mol. The fraction of sp³-hybridized carbons (Fsp3) is 0.667. The summed E-state index contributed by atoms with van der Waals surface area (Å²) in [4.78, 5) is 11.6. The summed E-state index contributed by atoms with van der Waals surface area (Å²) in [5.74, 6) is -0.260. The predicted molar refractivity (Wildman–Crippen MR) is 109 cm³/mol. The molecular formula is C21H34O6S. The van der Waals surface area contributed by atoms with E-state index in [4.69, 9.17) is 13.7 Å². The summed E-state index contributed by atoms with van der Waals surface area (Å²) >= 11 is 0. The Hall–Kier alpha value is -1.44. The molecule has 0 atom stereocenters. The number of ether oxygens (including phenoxy) is 2. The molecule has 0 aromatic heterocycles. The van der Waals surface area contributed by atoms with Crippen molar-refractivity contribution in [2.45, 2.75) is 70.7 Å². The lowest BCUT2D eigenvalue weighted by atomic mass is 10.1. The first-order valence-corrected chi connectivity index (χ1v) is 11.5. The standard InChI is InChI=1S/C21H34O6S/c1-21(2,3)27-20(22)14-8-5-9-15-25-16-10-11-17-26-28(23,24)18-19-12-6-4-7-13-19/h4,6-7,12-13H,5,8-11,14-18H2,1-3H3. The average molecular weight is 415 g/mol. The van der Waals surface area contributed by atoms with Gasteiger partial charge in [-0.05, 0) is 52.0 Å². The SMILES string of the molecule is CC(C)(C)OC(=O)CCCCCOCCCCOS(=O)(=O)Cc1ccccc1. The maximum Gasteiger partial charge on any atom is 0.306 e. The second-order valence-electron chi connectivity index (χ2n) is 7.73. The Morgan fingerprint density at radius 2 is 1.50 bits per heavy atom. The molecule has 0 N–H and O–H groups in total. The summed E-state index contributed by atoms with van der Waals surface area (Å²) in [6, 6.07) is 8.99. The highest BCUT2D eigenvalue weighted by Crippen LogP contribution is 2.11. The van der Waals surface area contributed by atoms with Gasteiger partial charge < -0.3 is 9.47 Å². The molecule has 1 aromatic carbocycles. The molecule has 0 aliphatic rings. The first-order valence-electron chi connectivity index (χ1n) is 9.88. The van der Waals surface area contributed by atoms with Gasteiger partial charge in [-0.15, -0.1) is 0 Å². The van der Waals surface area contributed by atoms with Crippen LogP contribution >= 0.6 is 0 Å². The predicted octanol–water partition coefficient (Wildman–Crippen LogP) is 4.23. The number of hydrogen-bond acceptors (Lipinski definition) is 6. The fourth-order valence-electron chi connectivity index (χ4n) is 2.46. The van der Waals surface area contributed by atoms with Crippen molar-refractivity contribution in [1.82, 2.24) is 0 Å². The van der Waals surface area contributed by atoms with Crippen molar-refractivity contribution in [1.29, 1.82) is 0 Å². The number of esters is 1. The highest BCUT2D eigenvalue weighted by Gasteiger charge is 2.15. The number of hydrogen-bond donors (Lipinski definition) is 0. The summed E-state index contributed by atoms with van der Waals surface area (Å²) in [6.45, 7) is 6.98. The summed E-state index contributed by atoms with van der Waals surface area (Å²) in [7, 11) is -3.54. The molecule has 1 aromatic rings. The molecule has 160 valence electrons. The smallest absolute Gasteiger partial charge is 0.306 e. The van der Waals surface area contributed by atoms with Crippen LogP contribution in [-0.4, -0.2) is 39.8 Å². The molecule has 0 saturated heterocycles. The van der Waals surface area contributed by atoms with Gasteiger partial charge in [0.05, 0.1) is 6.61 Å². The number of rotatable bonds is 14. The van der Waals surface area contributed by atoms with E-state index >= 15 is 0 Å². The van der Waals surface area contributed by atoms with Crippen molar-refractivity contribution in [3.8, 4) is 0 Å². The quantitative estimate of drug-likeness (QED) is 0.257. The van der Waals surface area contributed by atoms with Crippen LogP contribution in [-0.2, 0) is 34.3 Å². The van der Waals surface area contributed by atoms with Crippen molar-refractivity contribution in [2.24, 2.45) is 0 Å². The third kappa shape index (κ3) is 13.7. The highest BCUT2D eigenvalue weighted by atomic mass is 32.2. The first kappa shape index (κ1) is 24.6. The van der Waals surface area contributed by atoms with Gasteiger partial charge in [-0.25, -0.2) is 0 Å². The topological polar surface area (TPSA) is 78.9 Å². The zero-order chi connectivity index (χ0) is 20.9. The van der Waals surface area contributed by atoms with Gasteiger partial charge in [0.1, 0.15) is 11.4 Å². The normalized spacial score (nSPS) is 12.1. The van der Waals surface area contributed by atoms with E-state index < -0.39 is 15.7 Å². The van der Waals surface area contributed by atoms with E-state index in [1.807, 2.05) is 26.8 Å². The molecule has 0 heterocycles. The van der Waals surface area contributed by atoms with Gasteiger partial charge in [0.15, 0.2) is 0 Å². The van der Waals surface area contributed by atoms with Gasteiger partial charge in [0, 0.05) is 19.6 Å². The van der Waals surface area contributed by atoms with Gasteiger partial charge in [-0.3, -0.25) is 8.98 Å². The van der Waals surface area contributed by atoms with Crippen LogP contribution in [0.4, 0.5) is 0 Å². The lowest BCUT2D eigenvalue weighted by Gasteiger charge is -2.19. The van der Waals surface area contributed by atoms with Crippen LogP contribution in [0.2, 0.25) is 0 Å². The van der Waals surface area contributed by atoms with Crippen LogP contribution in [0.15, 0.2) is 30.3 Å². The lowest BCUT2D eigenvalue weighted by Crippen LogP contribution is -2.23. The Morgan fingerprint density at radius 3 is 2.14 bits per heavy atom. The fourth-order valence-corrected chi connectivity index (χ4v) is 3.51. The van der Waals surface area contributed by atoms with E-state index in [1.54, 1.807) is 24.3 Å². The maximum absolute atomic E-state index is 11.9. The van der Waals surface area contributed by atoms with Crippen LogP contribution in [0.5, 0.6) is 0 Å². The molecule has 7 heteroatoms. The number of unbranched alkanes of at least 4 members (excludes halogenated alkanes) is 3. The molecule has 0 aliphatic carbocycles. The second-order valence-corrected chi connectivity index (χ2v) is 9.37. The molecule has 0 radical (unpaired) electrons. The zero-order valence-corrected chi connectivity index (χ0v) is 18.1. The van der Waals surface area contributed by atoms with Crippen molar-refractivity contribution >= 4 is 16.1 Å². The number of benzene rings is 1. The minimum absolute atomic E-state index is 0.104. The summed E-state index contributed by atoms with van der Waals surface area (Å²) in [6.07, 6.45) is 4.42. The molecule has 0 unspecified atom stereocenters.